The van der Waals surface area contributed by atoms with E-state index in [1.807, 2.05) is 18.7 Å². The number of hydrogen-bond acceptors (Lipinski definition) is 5. The summed E-state index contributed by atoms with van der Waals surface area (Å²) < 4.78 is 0. The Kier molecular flexibility index (Phi) is 2.91. The molecule has 0 N–H and O–H groups in total. The van der Waals surface area contributed by atoms with Gasteiger partial charge in [0.05, 0.1) is 4.92 Å². The van der Waals surface area contributed by atoms with Crippen LogP contribution in [0.25, 0.3) is 0 Å². The summed E-state index contributed by atoms with van der Waals surface area (Å²) >= 11 is 5.72. The van der Waals surface area contributed by atoms with Gasteiger partial charge in [0.15, 0.2) is 0 Å². The summed E-state index contributed by atoms with van der Waals surface area (Å²) in [5.41, 5.74) is -0.230. The average Bonchev–Trinajstić information content (AvgIpc) is 2.57. The number of halogens is 1. The molecule has 17 heavy (non-hydrogen) atoms. The second-order valence-corrected chi connectivity index (χ2v) is 5.01. The molecule has 2 rings (SSSR count). The summed E-state index contributed by atoms with van der Waals surface area (Å²) in [4.78, 5) is 20.1. The van der Waals surface area contributed by atoms with Gasteiger partial charge in [0.1, 0.15) is 6.20 Å². The van der Waals surface area contributed by atoms with Crippen LogP contribution >= 0.6 is 11.6 Å². The standard InChI is InChI=1S/C10H13ClN4O2/c1-10(2)4-3-5-14(10)8-7(15(16)17)6-12-9(11)13-8/h6H,3-5H2,1-2H3. The third kappa shape index (κ3) is 2.17. The van der Waals surface area contributed by atoms with E-state index < -0.39 is 4.92 Å². The van der Waals surface area contributed by atoms with Crippen molar-refractivity contribution in [2.75, 3.05) is 11.4 Å². The second-order valence-electron chi connectivity index (χ2n) is 4.67. The van der Waals surface area contributed by atoms with Crippen molar-refractivity contribution in [3.05, 3.63) is 21.6 Å². The Balaban J connectivity index is 2.50. The molecule has 0 spiro atoms. The smallest absolute Gasteiger partial charge is 0.329 e. The molecule has 1 aromatic rings. The van der Waals surface area contributed by atoms with Crippen molar-refractivity contribution in [2.45, 2.75) is 32.2 Å². The highest BCUT2D eigenvalue weighted by atomic mass is 35.5. The molecule has 1 aliphatic rings. The predicted molar refractivity (Wildman–Crippen MR) is 64.4 cm³/mol. The Bertz CT molecular complexity index is 464. The zero-order valence-corrected chi connectivity index (χ0v) is 10.4. The molecule has 0 radical (unpaired) electrons. The van der Waals surface area contributed by atoms with Crippen LogP contribution in [0.3, 0.4) is 0 Å². The number of anilines is 1. The van der Waals surface area contributed by atoms with Crippen LogP contribution in [0.1, 0.15) is 26.7 Å². The van der Waals surface area contributed by atoms with Crippen LogP contribution in [-0.4, -0.2) is 27.0 Å². The van der Waals surface area contributed by atoms with Gasteiger partial charge in [-0.25, -0.2) is 4.98 Å². The largest absolute Gasteiger partial charge is 0.346 e. The van der Waals surface area contributed by atoms with Crippen LogP contribution in [0.4, 0.5) is 11.5 Å². The first-order valence-electron chi connectivity index (χ1n) is 5.36. The van der Waals surface area contributed by atoms with Crippen LogP contribution in [0.2, 0.25) is 5.28 Å². The molecule has 1 aromatic heterocycles. The van der Waals surface area contributed by atoms with Crippen molar-refractivity contribution in [3.63, 3.8) is 0 Å². The van der Waals surface area contributed by atoms with E-state index in [1.54, 1.807) is 0 Å². The minimum atomic E-state index is -0.472. The van der Waals surface area contributed by atoms with E-state index in [1.165, 1.54) is 6.20 Å². The minimum Gasteiger partial charge on any atom is -0.346 e. The monoisotopic (exact) mass is 256 g/mol. The fourth-order valence-corrected chi connectivity index (χ4v) is 2.30. The summed E-state index contributed by atoms with van der Waals surface area (Å²) in [6, 6.07) is 0. The Morgan fingerprint density at radius 1 is 1.59 bits per heavy atom. The maximum Gasteiger partial charge on any atom is 0.329 e. The quantitative estimate of drug-likeness (QED) is 0.462. The molecule has 0 saturated carbocycles. The molecular weight excluding hydrogens is 244 g/mol. The first kappa shape index (κ1) is 12.0. The van der Waals surface area contributed by atoms with Crippen molar-refractivity contribution in [1.29, 1.82) is 0 Å². The molecule has 0 amide bonds. The van der Waals surface area contributed by atoms with Crippen molar-refractivity contribution in [1.82, 2.24) is 9.97 Å². The van der Waals surface area contributed by atoms with Gasteiger partial charge < -0.3 is 4.90 Å². The maximum atomic E-state index is 11.0. The van der Waals surface area contributed by atoms with Gasteiger partial charge in [-0.3, -0.25) is 10.1 Å². The van der Waals surface area contributed by atoms with Crippen LogP contribution in [0.5, 0.6) is 0 Å². The van der Waals surface area contributed by atoms with Gasteiger partial charge in [-0.2, -0.15) is 4.98 Å². The Morgan fingerprint density at radius 2 is 2.29 bits per heavy atom. The normalized spacial score (nSPS) is 18.4. The lowest BCUT2D eigenvalue weighted by Gasteiger charge is -2.31. The minimum absolute atomic E-state index is 0.0355. The van der Waals surface area contributed by atoms with Gasteiger partial charge in [-0.05, 0) is 38.3 Å². The van der Waals surface area contributed by atoms with Gasteiger partial charge in [0.25, 0.3) is 0 Å². The van der Waals surface area contributed by atoms with E-state index in [0.717, 1.165) is 19.4 Å². The van der Waals surface area contributed by atoms with Crippen LogP contribution in [-0.2, 0) is 0 Å². The summed E-state index contributed by atoms with van der Waals surface area (Å²) in [7, 11) is 0. The van der Waals surface area contributed by atoms with Crippen molar-refractivity contribution in [2.24, 2.45) is 0 Å². The molecule has 2 heterocycles. The highest BCUT2D eigenvalue weighted by molar-refractivity contribution is 6.28. The van der Waals surface area contributed by atoms with Crippen molar-refractivity contribution < 1.29 is 4.92 Å². The summed E-state index contributed by atoms with van der Waals surface area (Å²) in [6.45, 7) is 4.83. The Morgan fingerprint density at radius 3 is 2.82 bits per heavy atom. The predicted octanol–water partition coefficient (Wildman–Crippen LogP) is 2.42. The van der Waals surface area contributed by atoms with E-state index in [2.05, 4.69) is 9.97 Å². The van der Waals surface area contributed by atoms with Crippen molar-refractivity contribution in [3.8, 4) is 0 Å². The number of hydrogen-bond donors (Lipinski definition) is 0. The van der Waals surface area contributed by atoms with Gasteiger partial charge >= 0.3 is 5.69 Å². The fourth-order valence-electron chi connectivity index (χ4n) is 2.17. The lowest BCUT2D eigenvalue weighted by Crippen LogP contribution is -2.39. The second kappa shape index (κ2) is 4.10. The summed E-state index contributed by atoms with van der Waals surface area (Å²) in [5, 5.41) is 11.0. The summed E-state index contributed by atoms with van der Waals surface area (Å²) in [6.07, 6.45) is 3.14. The first-order chi connectivity index (χ1) is 7.92. The molecule has 0 aromatic carbocycles. The summed E-state index contributed by atoms with van der Waals surface area (Å²) in [5.74, 6) is 0.317. The van der Waals surface area contributed by atoms with E-state index in [4.69, 9.17) is 11.6 Å². The zero-order chi connectivity index (χ0) is 12.6. The van der Waals surface area contributed by atoms with Crippen molar-refractivity contribution >= 4 is 23.1 Å². The third-order valence-corrected chi connectivity index (χ3v) is 3.26. The van der Waals surface area contributed by atoms with Crippen LogP contribution in [0, 0.1) is 10.1 Å². The highest BCUT2D eigenvalue weighted by Gasteiger charge is 2.37. The average molecular weight is 257 g/mol. The third-order valence-electron chi connectivity index (χ3n) is 3.07. The van der Waals surface area contributed by atoms with Gasteiger partial charge in [-0.1, -0.05) is 0 Å². The SMILES string of the molecule is CC1(C)CCCN1c1nc(Cl)ncc1[N+](=O)[O-]. The molecular formula is C10H13ClN4O2. The lowest BCUT2D eigenvalue weighted by molar-refractivity contribution is -0.384. The van der Waals surface area contributed by atoms with Gasteiger partial charge in [0.2, 0.25) is 11.1 Å². The molecule has 1 aliphatic heterocycles. The van der Waals surface area contributed by atoms with E-state index >= 15 is 0 Å². The highest BCUT2D eigenvalue weighted by Crippen LogP contribution is 2.37. The Hall–Kier alpha value is -1.43. The molecule has 92 valence electrons. The lowest BCUT2D eigenvalue weighted by atomic mass is 10.0. The van der Waals surface area contributed by atoms with Crippen LogP contribution < -0.4 is 4.90 Å². The Labute approximate surface area is 104 Å². The maximum absolute atomic E-state index is 11.0. The number of nitrogens with zero attached hydrogens (tertiary/aromatic N) is 4. The molecule has 0 aliphatic carbocycles. The molecule has 6 nitrogen and oxygen atoms in total. The zero-order valence-electron chi connectivity index (χ0n) is 9.68. The molecule has 0 bridgehead atoms. The number of rotatable bonds is 2. The molecule has 1 saturated heterocycles. The van der Waals surface area contributed by atoms with E-state index in [0.29, 0.717) is 5.82 Å². The number of nitro groups is 1. The molecule has 7 heteroatoms. The number of aromatic nitrogens is 2. The van der Waals surface area contributed by atoms with Gasteiger partial charge in [-0.15, -0.1) is 0 Å². The molecule has 0 atom stereocenters. The van der Waals surface area contributed by atoms with E-state index in [9.17, 15) is 10.1 Å². The topological polar surface area (TPSA) is 72.2 Å². The van der Waals surface area contributed by atoms with E-state index in [-0.39, 0.29) is 16.5 Å². The van der Waals surface area contributed by atoms with Gasteiger partial charge in [0, 0.05) is 12.1 Å². The molecule has 0 unspecified atom stereocenters. The molecule has 1 fully saturated rings. The van der Waals surface area contributed by atoms with Crippen LogP contribution in [0.15, 0.2) is 6.20 Å². The fraction of sp³-hybridized carbons (Fsp3) is 0.600. The first-order valence-corrected chi connectivity index (χ1v) is 5.74.